The van der Waals surface area contributed by atoms with Crippen LogP contribution in [0.5, 0.6) is 5.75 Å². The second kappa shape index (κ2) is 7.40. The Morgan fingerprint density at radius 3 is 2.73 bits per heavy atom. The molecule has 3 aromatic heterocycles. The van der Waals surface area contributed by atoms with Gasteiger partial charge >= 0.3 is 0 Å². The van der Waals surface area contributed by atoms with Gasteiger partial charge in [-0.05, 0) is 36.4 Å². The number of ether oxygens (including phenoxy) is 1. The molecule has 3 heterocycles. The van der Waals surface area contributed by atoms with Crippen LogP contribution in [0, 0.1) is 0 Å². The van der Waals surface area contributed by atoms with E-state index in [1.165, 1.54) is 0 Å². The van der Waals surface area contributed by atoms with E-state index in [1.54, 1.807) is 24.3 Å². The summed E-state index contributed by atoms with van der Waals surface area (Å²) in [7, 11) is 1.58. The van der Waals surface area contributed by atoms with Crippen LogP contribution in [0.1, 0.15) is 16.2 Å². The van der Waals surface area contributed by atoms with Crippen LogP contribution in [0.25, 0.3) is 16.6 Å². The lowest BCUT2D eigenvalue weighted by atomic mass is 10.2. The fraction of sp³-hybridized carbons (Fsp3) is 0.0833. The molecule has 0 aliphatic heterocycles. The summed E-state index contributed by atoms with van der Waals surface area (Å²) < 4.78 is 13.3. The lowest BCUT2D eigenvalue weighted by Crippen LogP contribution is -2.30. The van der Waals surface area contributed by atoms with Gasteiger partial charge in [-0.3, -0.25) is 9.69 Å². The zero-order chi connectivity index (χ0) is 20.5. The van der Waals surface area contributed by atoms with Crippen LogP contribution < -0.4 is 9.64 Å². The normalized spacial score (nSPS) is 11.1. The summed E-state index contributed by atoms with van der Waals surface area (Å²) in [6.07, 6.45) is 3.73. The van der Waals surface area contributed by atoms with Crippen molar-refractivity contribution in [3.8, 4) is 5.75 Å². The fourth-order valence-corrected chi connectivity index (χ4v) is 3.59. The Morgan fingerprint density at radius 1 is 1.07 bits per heavy atom. The lowest BCUT2D eigenvalue weighted by molar-refractivity contribution is 0.0960. The molecule has 0 saturated carbocycles. The molecule has 5 rings (SSSR count). The Hall–Kier alpha value is -4.06. The van der Waals surface area contributed by atoms with Gasteiger partial charge in [0.05, 0.1) is 25.5 Å². The number of hydrogen-bond acceptors (Lipinski definition) is 4. The molecule has 30 heavy (non-hydrogen) atoms. The van der Waals surface area contributed by atoms with E-state index in [0.29, 0.717) is 17.9 Å². The van der Waals surface area contributed by atoms with Gasteiger partial charge < -0.3 is 13.6 Å². The van der Waals surface area contributed by atoms with Gasteiger partial charge in [0.15, 0.2) is 17.1 Å². The number of pyridine rings is 1. The number of anilines is 1. The van der Waals surface area contributed by atoms with Crippen molar-refractivity contribution >= 4 is 28.2 Å². The highest BCUT2D eigenvalue weighted by Crippen LogP contribution is 2.30. The summed E-state index contributed by atoms with van der Waals surface area (Å²) in [5.41, 5.74) is 3.07. The molecule has 6 heteroatoms. The highest BCUT2D eigenvalue weighted by molar-refractivity contribution is 6.06. The van der Waals surface area contributed by atoms with Gasteiger partial charge in [0.1, 0.15) is 5.65 Å². The molecule has 0 atom stereocenters. The third-order valence-electron chi connectivity index (χ3n) is 5.07. The van der Waals surface area contributed by atoms with Crippen molar-refractivity contribution in [2.75, 3.05) is 12.0 Å². The topological polar surface area (TPSA) is 60.0 Å². The minimum atomic E-state index is -0.231. The van der Waals surface area contributed by atoms with Gasteiger partial charge in [-0.2, -0.15) is 0 Å². The van der Waals surface area contributed by atoms with E-state index in [0.717, 1.165) is 22.4 Å². The van der Waals surface area contributed by atoms with Crippen LogP contribution in [0.4, 0.5) is 5.69 Å². The number of aromatic nitrogens is 2. The molecular weight excluding hydrogens is 378 g/mol. The SMILES string of the molecule is COc1cccc2cc(C(=O)N(Cc3cnc4ccccn34)c3ccccc3)oc12. The maximum Gasteiger partial charge on any atom is 0.294 e. The summed E-state index contributed by atoms with van der Waals surface area (Å²) in [6.45, 7) is 0.349. The van der Waals surface area contributed by atoms with Crippen molar-refractivity contribution in [3.05, 3.63) is 96.6 Å². The van der Waals surface area contributed by atoms with E-state index in [-0.39, 0.29) is 11.7 Å². The first kappa shape index (κ1) is 18.0. The Bertz CT molecular complexity index is 1340. The zero-order valence-electron chi connectivity index (χ0n) is 16.4. The number of furan rings is 1. The van der Waals surface area contributed by atoms with Gasteiger partial charge in [0.2, 0.25) is 0 Å². The number of rotatable bonds is 5. The van der Waals surface area contributed by atoms with E-state index < -0.39 is 0 Å². The minimum absolute atomic E-state index is 0.231. The van der Waals surface area contributed by atoms with Crippen LogP contribution >= 0.6 is 0 Å². The summed E-state index contributed by atoms with van der Waals surface area (Å²) in [5, 5.41) is 0.820. The number of para-hydroxylation sites is 2. The van der Waals surface area contributed by atoms with Gasteiger partial charge in [0, 0.05) is 17.3 Å². The summed E-state index contributed by atoms with van der Waals surface area (Å²) in [4.78, 5) is 19.7. The number of carbonyl (C=O) groups excluding carboxylic acids is 1. The number of imidazole rings is 1. The number of amides is 1. The van der Waals surface area contributed by atoms with Crippen LogP contribution in [0.2, 0.25) is 0 Å². The average molecular weight is 397 g/mol. The second-order valence-electron chi connectivity index (χ2n) is 6.89. The predicted octanol–water partition coefficient (Wildman–Crippen LogP) is 4.94. The predicted molar refractivity (Wildman–Crippen MR) is 115 cm³/mol. The van der Waals surface area contributed by atoms with Crippen LogP contribution in [0.3, 0.4) is 0 Å². The summed E-state index contributed by atoms with van der Waals surface area (Å²) >= 11 is 0. The highest BCUT2D eigenvalue weighted by atomic mass is 16.5. The smallest absolute Gasteiger partial charge is 0.294 e. The van der Waals surface area contributed by atoms with Crippen molar-refractivity contribution < 1.29 is 13.9 Å². The molecular formula is C24H19N3O3. The number of hydrogen-bond donors (Lipinski definition) is 0. The van der Waals surface area contributed by atoms with Crippen LogP contribution in [0.15, 0.2) is 89.6 Å². The molecule has 2 aromatic carbocycles. The molecule has 0 aliphatic carbocycles. The first-order chi connectivity index (χ1) is 14.7. The highest BCUT2D eigenvalue weighted by Gasteiger charge is 2.23. The standard InChI is InChI=1S/C24H19N3O3/c1-29-20-11-7-8-17-14-21(30-23(17)20)24(28)27(18-9-3-2-4-10-18)16-19-15-25-22-12-5-6-13-26(19)22/h2-15H,16H2,1H3. The number of fused-ring (bicyclic) bond motifs is 2. The largest absolute Gasteiger partial charge is 0.493 e. The Labute approximate surface area is 172 Å². The number of benzene rings is 2. The molecule has 0 N–H and O–H groups in total. The van der Waals surface area contributed by atoms with Crippen molar-refractivity contribution in [3.63, 3.8) is 0 Å². The molecule has 148 valence electrons. The quantitative estimate of drug-likeness (QED) is 0.422. The van der Waals surface area contributed by atoms with E-state index in [2.05, 4.69) is 4.98 Å². The molecule has 5 aromatic rings. The van der Waals surface area contributed by atoms with Crippen LogP contribution in [-0.2, 0) is 6.54 Å². The first-order valence-electron chi connectivity index (χ1n) is 9.59. The van der Waals surface area contributed by atoms with Gasteiger partial charge in [-0.15, -0.1) is 0 Å². The van der Waals surface area contributed by atoms with E-state index in [9.17, 15) is 4.79 Å². The average Bonchev–Trinajstić information content (AvgIpc) is 3.42. The van der Waals surface area contributed by atoms with Gasteiger partial charge in [-0.1, -0.05) is 36.4 Å². The van der Waals surface area contributed by atoms with Crippen molar-refractivity contribution in [2.45, 2.75) is 6.54 Å². The molecule has 6 nitrogen and oxygen atoms in total. The molecule has 0 bridgehead atoms. The lowest BCUT2D eigenvalue weighted by Gasteiger charge is -2.21. The molecule has 0 saturated heterocycles. The molecule has 1 amide bonds. The van der Waals surface area contributed by atoms with E-state index in [1.807, 2.05) is 77.3 Å². The maximum atomic E-state index is 13.5. The fourth-order valence-electron chi connectivity index (χ4n) is 3.59. The molecule has 0 fully saturated rings. The van der Waals surface area contributed by atoms with Gasteiger partial charge in [-0.25, -0.2) is 4.98 Å². The molecule has 0 spiro atoms. The van der Waals surface area contributed by atoms with Crippen molar-refractivity contribution in [2.24, 2.45) is 0 Å². The molecule has 0 unspecified atom stereocenters. The monoisotopic (exact) mass is 397 g/mol. The van der Waals surface area contributed by atoms with Gasteiger partial charge in [0.25, 0.3) is 5.91 Å². The molecule has 0 aliphatic rings. The first-order valence-corrected chi connectivity index (χ1v) is 9.59. The van der Waals surface area contributed by atoms with Crippen LogP contribution in [-0.4, -0.2) is 22.4 Å². The Morgan fingerprint density at radius 2 is 1.90 bits per heavy atom. The van der Waals surface area contributed by atoms with E-state index in [4.69, 9.17) is 9.15 Å². The number of methoxy groups -OCH3 is 1. The third-order valence-corrected chi connectivity index (χ3v) is 5.07. The summed E-state index contributed by atoms with van der Waals surface area (Å²) in [6, 6.07) is 22.7. The molecule has 0 radical (unpaired) electrons. The second-order valence-corrected chi connectivity index (χ2v) is 6.89. The van der Waals surface area contributed by atoms with E-state index >= 15 is 0 Å². The Kier molecular flexibility index (Phi) is 4.44. The Balaban J connectivity index is 1.57. The summed E-state index contributed by atoms with van der Waals surface area (Å²) in [5.74, 6) is 0.622. The van der Waals surface area contributed by atoms with Crippen molar-refractivity contribution in [1.29, 1.82) is 0 Å². The number of nitrogens with zero attached hydrogens (tertiary/aromatic N) is 3. The van der Waals surface area contributed by atoms with Crippen molar-refractivity contribution in [1.82, 2.24) is 9.38 Å². The minimum Gasteiger partial charge on any atom is -0.493 e. The maximum absolute atomic E-state index is 13.5. The third kappa shape index (κ3) is 3.08. The zero-order valence-corrected chi connectivity index (χ0v) is 16.4. The number of carbonyl (C=O) groups is 1.